The van der Waals surface area contributed by atoms with Gasteiger partial charge in [0.2, 0.25) is 5.95 Å². The number of pyridine rings is 1. The van der Waals surface area contributed by atoms with Crippen LogP contribution in [-0.2, 0) is 0 Å². The summed E-state index contributed by atoms with van der Waals surface area (Å²) in [4.78, 5) is 6.96. The molecule has 9 heteroatoms. The van der Waals surface area contributed by atoms with Crippen LogP contribution in [0.4, 0.5) is 20.4 Å². The molecular formula is C23H23F2N7. The third-order valence-electron chi connectivity index (χ3n) is 5.76. The molecule has 0 radical (unpaired) electrons. The molecule has 1 aliphatic rings. The van der Waals surface area contributed by atoms with E-state index >= 15 is 0 Å². The first-order chi connectivity index (χ1) is 15.5. The van der Waals surface area contributed by atoms with Crippen molar-refractivity contribution in [3.8, 4) is 11.1 Å². The number of hydrogen-bond donors (Lipinski definition) is 1. The number of anilines is 2. The zero-order valence-electron chi connectivity index (χ0n) is 17.9. The minimum atomic E-state index is -0.883. The molecule has 1 aromatic carbocycles. The maximum atomic E-state index is 13.8. The van der Waals surface area contributed by atoms with Crippen LogP contribution in [0.25, 0.3) is 16.8 Å². The standard InChI is InChI=1S/C23H23F2N7/c1-14-9-19(16-3-4-20(24)21(25)11-16)22-28-23(30-32(22)13-14)27-17-5-7-31(8-6-17)18-10-15(2)29-26-12-18/h3-4,9-13,17H,5-8H2,1-2H3,(H,27,30). The van der Waals surface area contributed by atoms with E-state index in [-0.39, 0.29) is 6.04 Å². The Morgan fingerprint density at radius 1 is 1.03 bits per heavy atom. The predicted molar refractivity (Wildman–Crippen MR) is 119 cm³/mol. The van der Waals surface area contributed by atoms with Gasteiger partial charge < -0.3 is 10.2 Å². The van der Waals surface area contributed by atoms with Crippen molar-refractivity contribution in [2.24, 2.45) is 0 Å². The Balaban J connectivity index is 1.35. The Bertz CT molecular complexity index is 1280. The molecule has 1 aliphatic heterocycles. The van der Waals surface area contributed by atoms with E-state index in [1.807, 2.05) is 32.2 Å². The van der Waals surface area contributed by atoms with Gasteiger partial charge in [-0.15, -0.1) is 5.10 Å². The summed E-state index contributed by atoms with van der Waals surface area (Å²) in [5.41, 5.74) is 4.81. The third-order valence-corrected chi connectivity index (χ3v) is 5.76. The molecular weight excluding hydrogens is 412 g/mol. The molecule has 1 N–H and O–H groups in total. The molecule has 1 fully saturated rings. The molecule has 0 aliphatic carbocycles. The van der Waals surface area contributed by atoms with Gasteiger partial charge in [0.05, 0.1) is 17.6 Å². The number of aryl methyl sites for hydroxylation is 2. The van der Waals surface area contributed by atoms with Gasteiger partial charge in [-0.1, -0.05) is 6.07 Å². The first-order valence-electron chi connectivity index (χ1n) is 10.6. The van der Waals surface area contributed by atoms with Crippen molar-refractivity contribution in [3.63, 3.8) is 0 Å². The molecule has 164 valence electrons. The topological polar surface area (TPSA) is 71.2 Å². The Labute approximate surface area is 184 Å². The van der Waals surface area contributed by atoms with Gasteiger partial charge >= 0.3 is 0 Å². The van der Waals surface area contributed by atoms with E-state index < -0.39 is 11.6 Å². The summed E-state index contributed by atoms with van der Waals surface area (Å²) in [5.74, 6) is -1.23. The van der Waals surface area contributed by atoms with Crippen molar-refractivity contribution in [1.29, 1.82) is 0 Å². The molecule has 0 bridgehead atoms. The lowest BCUT2D eigenvalue weighted by molar-refractivity contribution is 0.509. The highest BCUT2D eigenvalue weighted by Gasteiger charge is 2.21. The summed E-state index contributed by atoms with van der Waals surface area (Å²) in [6.07, 6.45) is 5.54. The summed E-state index contributed by atoms with van der Waals surface area (Å²) < 4.78 is 28.9. The van der Waals surface area contributed by atoms with Crippen LogP contribution in [0.3, 0.4) is 0 Å². The summed E-state index contributed by atoms with van der Waals surface area (Å²) in [6.45, 7) is 5.67. The lowest BCUT2D eigenvalue weighted by atomic mass is 10.0. The highest BCUT2D eigenvalue weighted by atomic mass is 19.2. The molecule has 0 unspecified atom stereocenters. The van der Waals surface area contributed by atoms with Gasteiger partial charge in [0.15, 0.2) is 17.3 Å². The maximum absolute atomic E-state index is 13.8. The van der Waals surface area contributed by atoms with Gasteiger partial charge in [-0.2, -0.15) is 15.2 Å². The minimum absolute atomic E-state index is 0.243. The molecule has 0 spiro atoms. The van der Waals surface area contributed by atoms with Crippen molar-refractivity contribution >= 4 is 17.3 Å². The predicted octanol–water partition coefficient (Wildman–Crippen LogP) is 4.16. The van der Waals surface area contributed by atoms with E-state index in [2.05, 4.69) is 30.5 Å². The van der Waals surface area contributed by atoms with E-state index in [1.54, 1.807) is 16.8 Å². The zero-order valence-corrected chi connectivity index (χ0v) is 17.9. The van der Waals surface area contributed by atoms with Crippen molar-refractivity contribution in [3.05, 3.63) is 65.6 Å². The number of aromatic nitrogens is 5. The van der Waals surface area contributed by atoms with Crippen LogP contribution in [0.1, 0.15) is 24.1 Å². The van der Waals surface area contributed by atoms with E-state index in [1.165, 1.54) is 6.07 Å². The average molecular weight is 435 g/mol. The molecule has 1 saturated heterocycles. The Kier molecular flexibility index (Phi) is 5.16. The second kappa shape index (κ2) is 8.14. The highest BCUT2D eigenvalue weighted by Crippen LogP contribution is 2.28. The second-order valence-corrected chi connectivity index (χ2v) is 8.22. The normalized spacial score (nSPS) is 14.8. The molecule has 4 aromatic rings. The lowest BCUT2D eigenvalue weighted by Crippen LogP contribution is -2.39. The van der Waals surface area contributed by atoms with Crippen LogP contribution in [-0.4, -0.2) is 43.9 Å². The van der Waals surface area contributed by atoms with Crippen molar-refractivity contribution < 1.29 is 8.78 Å². The SMILES string of the molecule is Cc1cc(-c2ccc(F)c(F)c2)c2nc(NC3CCN(c4cnnc(C)c4)CC3)nn2c1. The van der Waals surface area contributed by atoms with E-state index in [0.717, 1.165) is 48.9 Å². The van der Waals surface area contributed by atoms with Gasteiger partial charge in [0.1, 0.15) is 0 Å². The van der Waals surface area contributed by atoms with Crippen molar-refractivity contribution in [2.45, 2.75) is 32.7 Å². The Morgan fingerprint density at radius 3 is 2.59 bits per heavy atom. The van der Waals surface area contributed by atoms with Crippen LogP contribution in [0, 0.1) is 25.5 Å². The first kappa shape index (κ1) is 20.3. The zero-order chi connectivity index (χ0) is 22.2. The maximum Gasteiger partial charge on any atom is 0.243 e. The summed E-state index contributed by atoms with van der Waals surface area (Å²) >= 11 is 0. The highest BCUT2D eigenvalue weighted by molar-refractivity contribution is 5.78. The van der Waals surface area contributed by atoms with Crippen LogP contribution in [0.15, 0.2) is 42.7 Å². The van der Waals surface area contributed by atoms with Crippen LogP contribution in [0.2, 0.25) is 0 Å². The molecule has 0 atom stereocenters. The monoisotopic (exact) mass is 435 g/mol. The van der Waals surface area contributed by atoms with E-state index in [0.29, 0.717) is 22.7 Å². The number of nitrogens with zero attached hydrogens (tertiary/aromatic N) is 6. The number of hydrogen-bond acceptors (Lipinski definition) is 6. The van der Waals surface area contributed by atoms with Gasteiger partial charge in [-0.3, -0.25) is 0 Å². The molecule has 7 nitrogen and oxygen atoms in total. The number of piperidine rings is 1. The van der Waals surface area contributed by atoms with E-state index in [9.17, 15) is 8.78 Å². The fraction of sp³-hybridized carbons (Fsp3) is 0.304. The number of halogens is 2. The number of nitrogens with one attached hydrogen (secondary N) is 1. The molecule has 0 saturated carbocycles. The van der Waals surface area contributed by atoms with Crippen molar-refractivity contribution in [1.82, 2.24) is 24.8 Å². The van der Waals surface area contributed by atoms with Crippen LogP contribution < -0.4 is 10.2 Å². The van der Waals surface area contributed by atoms with Crippen LogP contribution >= 0.6 is 0 Å². The molecule has 0 amide bonds. The third kappa shape index (κ3) is 3.98. The first-order valence-corrected chi connectivity index (χ1v) is 10.6. The fourth-order valence-electron chi connectivity index (χ4n) is 4.15. The largest absolute Gasteiger partial charge is 0.370 e. The molecule has 3 aromatic heterocycles. The number of benzene rings is 1. The van der Waals surface area contributed by atoms with Crippen molar-refractivity contribution in [2.75, 3.05) is 23.3 Å². The summed E-state index contributed by atoms with van der Waals surface area (Å²) in [5, 5.41) is 16.1. The second-order valence-electron chi connectivity index (χ2n) is 8.22. The van der Waals surface area contributed by atoms with Gasteiger partial charge in [-0.25, -0.2) is 13.3 Å². The molecule has 32 heavy (non-hydrogen) atoms. The van der Waals surface area contributed by atoms with Crippen LogP contribution in [0.5, 0.6) is 0 Å². The average Bonchev–Trinajstić information content (AvgIpc) is 3.17. The molecule has 5 rings (SSSR count). The van der Waals surface area contributed by atoms with Gasteiger partial charge in [0, 0.05) is 30.9 Å². The summed E-state index contributed by atoms with van der Waals surface area (Å²) in [7, 11) is 0. The van der Waals surface area contributed by atoms with E-state index in [4.69, 9.17) is 0 Å². The summed E-state index contributed by atoms with van der Waals surface area (Å²) in [6, 6.07) is 8.08. The minimum Gasteiger partial charge on any atom is -0.370 e. The quantitative estimate of drug-likeness (QED) is 0.519. The van der Waals surface area contributed by atoms with Gasteiger partial charge in [0.25, 0.3) is 0 Å². The number of fused-ring (bicyclic) bond motifs is 1. The van der Waals surface area contributed by atoms with Gasteiger partial charge in [-0.05, 0) is 62.1 Å². The molecule has 4 heterocycles. The Morgan fingerprint density at radius 2 is 1.84 bits per heavy atom. The fourth-order valence-corrected chi connectivity index (χ4v) is 4.15. The number of rotatable bonds is 4. The lowest BCUT2D eigenvalue weighted by Gasteiger charge is -2.33. The smallest absolute Gasteiger partial charge is 0.243 e. The Hall–Kier alpha value is -3.62.